The van der Waals surface area contributed by atoms with Gasteiger partial charge in [-0.15, -0.1) is 0 Å². The van der Waals surface area contributed by atoms with Crippen LogP contribution in [0.4, 0.5) is 5.69 Å². The number of carbonyl (C=O) groups excluding carboxylic acids is 2. The maximum atomic E-state index is 12.2. The zero-order valence-electron chi connectivity index (χ0n) is 11.5. The second-order valence-corrected chi connectivity index (χ2v) is 4.90. The van der Waals surface area contributed by atoms with Crippen LogP contribution in [0.1, 0.15) is 15.9 Å². The normalized spacial score (nSPS) is 12.9. The van der Waals surface area contributed by atoms with E-state index >= 15 is 0 Å². The van der Waals surface area contributed by atoms with Crippen molar-refractivity contribution in [3.63, 3.8) is 0 Å². The highest BCUT2D eigenvalue weighted by Crippen LogP contribution is 2.27. The van der Waals surface area contributed by atoms with Crippen molar-refractivity contribution in [2.24, 2.45) is 0 Å². The summed E-state index contributed by atoms with van der Waals surface area (Å²) in [6.45, 7) is 0.695. The number of amides is 1. The molecule has 1 aliphatic rings. The van der Waals surface area contributed by atoms with Gasteiger partial charge >= 0.3 is 0 Å². The zero-order valence-corrected chi connectivity index (χ0v) is 11.5. The summed E-state index contributed by atoms with van der Waals surface area (Å²) in [4.78, 5) is 24.6. The molecule has 0 bridgehead atoms. The number of aldehydes is 1. The van der Waals surface area contributed by atoms with Gasteiger partial charge in [0.15, 0.2) is 6.61 Å². The fraction of sp³-hybridized carbons (Fsp3) is 0.176. The second-order valence-electron chi connectivity index (χ2n) is 4.90. The van der Waals surface area contributed by atoms with Crippen molar-refractivity contribution in [1.82, 2.24) is 0 Å². The molecule has 0 atom stereocenters. The average molecular weight is 281 g/mol. The first-order chi connectivity index (χ1) is 10.3. The van der Waals surface area contributed by atoms with Gasteiger partial charge in [-0.3, -0.25) is 9.59 Å². The molecule has 0 unspecified atom stereocenters. The minimum Gasteiger partial charge on any atom is -0.484 e. The summed E-state index contributed by atoms with van der Waals surface area (Å²) in [6, 6.07) is 14.6. The van der Waals surface area contributed by atoms with Crippen molar-refractivity contribution < 1.29 is 14.3 Å². The molecular formula is C17H15NO3. The van der Waals surface area contributed by atoms with Crippen molar-refractivity contribution in [1.29, 1.82) is 0 Å². The monoisotopic (exact) mass is 281 g/mol. The Morgan fingerprint density at radius 2 is 1.90 bits per heavy atom. The number of para-hydroxylation sites is 1. The Balaban J connectivity index is 1.63. The van der Waals surface area contributed by atoms with Crippen LogP contribution in [0.5, 0.6) is 5.75 Å². The van der Waals surface area contributed by atoms with E-state index in [-0.39, 0.29) is 12.5 Å². The standard InChI is InChI=1S/C17H15NO3/c19-11-13-5-7-15(8-6-13)21-12-17(20)18-10-9-14-3-1-2-4-16(14)18/h1-8,11H,9-10,12H2. The molecule has 2 aromatic rings. The molecule has 0 saturated heterocycles. The fourth-order valence-corrected chi connectivity index (χ4v) is 2.46. The smallest absolute Gasteiger partial charge is 0.264 e. The lowest BCUT2D eigenvalue weighted by atomic mass is 10.2. The topological polar surface area (TPSA) is 46.6 Å². The number of hydrogen-bond acceptors (Lipinski definition) is 3. The Morgan fingerprint density at radius 1 is 1.14 bits per heavy atom. The van der Waals surface area contributed by atoms with E-state index in [4.69, 9.17) is 4.74 Å². The Labute approximate surface area is 123 Å². The van der Waals surface area contributed by atoms with Gasteiger partial charge in [0.2, 0.25) is 0 Å². The number of hydrogen-bond donors (Lipinski definition) is 0. The molecule has 0 saturated carbocycles. The second kappa shape index (κ2) is 5.79. The van der Waals surface area contributed by atoms with Crippen LogP contribution in [-0.4, -0.2) is 25.3 Å². The number of ether oxygens (including phenoxy) is 1. The maximum absolute atomic E-state index is 12.2. The van der Waals surface area contributed by atoms with Crippen LogP contribution in [0.15, 0.2) is 48.5 Å². The molecule has 21 heavy (non-hydrogen) atoms. The van der Waals surface area contributed by atoms with Crippen LogP contribution < -0.4 is 9.64 Å². The molecule has 0 N–H and O–H groups in total. The highest BCUT2D eigenvalue weighted by Gasteiger charge is 2.24. The van der Waals surface area contributed by atoms with Crippen molar-refractivity contribution in [3.05, 3.63) is 59.7 Å². The number of benzene rings is 2. The van der Waals surface area contributed by atoms with E-state index in [1.807, 2.05) is 24.3 Å². The summed E-state index contributed by atoms with van der Waals surface area (Å²) < 4.78 is 5.49. The molecule has 1 heterocycles. The van der Waals surface area contributed by atoms with Gasteiger partial charge in [0.05, 0.1) is 0 Å². The lowest BCUT2D eigenvalue weighted by Gasteiger charge is -2.17. The Kier molecular flexibility index (Phi) is 3.69. The van der Waals surface area contributed by atoms with E-state index in [9.17, 15) is 9.59 Å². The minimum absolute atomic E-state index is 0.00519. The molecule has 0 radical (unpaired) electrons. The van der Waals surface area contributed by atoms with Gasteiger partial charge in [0, 0.05) is 17.8 Å². The number of fused-ring (bicyclic) bond motifs is 1. The van der Waals surface area contributed by atoms with Crippen LogP contribution >= 0.6 is 0 Å². The largest absolute Gasteiger partial charge is 0.484 e. The number of rotatable bonds is 4. The summed E-state index contributed by atoms with van der Waals surface area (Å²) in [5, 5.41) is 0. The zero-order chi connectivity index (χ0) is 14.7. The van der Waals surface area contributed by atoms with Crippen LogP contribution in [0, 0.1) is 0 Å². The van der Waals surface area contributed by atoms with Gasteiger partial charge in [0.1, 0.15) is 12.0 Å². The minimum atomic E-state index is -0.0561. The average Bonchev–Trinajstić information content (AvgIpc) is 2.97. The summed E-state index contributed by atoms with van der Waals surface area (Å²) in [7, 11) is 0. The lowest BCUT2D eigenvalue weighted by Crippen LogP contribution is -2.33. The van der Waals surface area contributed by atoms with Gasteiger partial charge in [-0.2, -0.15) is 0 Å². The highest BCUT2D eigenvalue weighted by molar-refractivity contribution is 5.96. The third-order valence-corrected chi connectivity index (χ3v) is 3.57. The Bertz CT molecular complexity index is 664. The highest BCUT2D eigenvalue weighted by atomic mass is 16.5. The summed E-state index contributed by atoms with van der Waals surface area (Å²) in [5.41, 5.74) is 2.76. The van der Waals surface area contributed by atoms with Crippen LogP contribution in [-0.2, 0) is 11.2 Å². The number of carbonyl (C=O) groups is 2. The molecule has 0 spiro atoms. The van der Waals surface area contributed by atoms with E-state index < -0.39 is 0 Å². The third kappa shape index (κ3) is 2.79. The first-order valence-corrected chi connectivity index (χ1v) is 6.84. The van der Waals surface area contributed by atoms with Crippen LogP contribution in [0.2, 0.25) is 0 Å². The number of nitrogens with zero attached hydrogens (tertiary/aromatic N) is 1. The van der Waals surface area contributed by atoms with E-state index in [1.165, 1.54) is 5.56 Å². The molecule has 1 aliphatic heterocycles. The molecule has 0 aromatic heterocycles. The van der Waals surface area contributed by atoms with E-state index in [1.54, 1.807) is 29.2 Å². The Morgan fingerprint density at radius 3 is 2.67 bits per heavy atom. The number of anilines is 1. The van der Waals surface area contributed by atoms with Crippen molar-refractivity contribution in [3.8, 4) is 5.75 Å². The predicted octanol–water partition coefficient (Wildman–Crippen LogP) is 2.47. The molecule has 0 fully saturated rings. The molecule has 1 amide bonds. The molecule has 0 aliphatic carbocycles. The molecule has 4 heteroatoms. The predicted molar refractivity (Wildman–Crippen MR) is 79.8 cm³/mol. The lowest BCUT2D eigenvalue weighted by molar-refractivity contribution is -0.120. The first kappa shape index (κ1) is 13.4. The van der Waals surface area contributed by atoms with Crippen LogP contribution in [0.3, 0.4) is 0 Å². The Hall–Kier alpha value is -2.62. The quantitative estimate of drug-likeness (QED) is 0.809. The SMILES string of the molecule is O=Cc1ccc(OCC(=O)N2CCc3ccccc32)cc1. The van der Waals surface area contributed by atoms with Gasteiger partial charge in [-0.1, -0.05) is 18.2 Å². The molecule has 106 valence electrons. The van der Waals surface area contributed by atoms with Gasteiger partial charge in [0.25, 0.3) is 5.91 Å². The van der Waals surface area contributed by atoms with Gasteiger partial charge in [-0.05, 0) is 42.3 Å². The van der Waals surface area contributed by atoms with E-state index in [0.717, 1.165) is 18.4 Å². The first-order valence-electron chi connectivity index (χ1n) is 6.84. The molecule has 4 nitrogen and oxygen atoms in total. The fourth-order valence-electron chi connectivity index (χ4n) is 2.46. The van der Waals surface area contributed by atoms with Crippen LogP contribution in [0.25, 0.3) is 0 Å². The molecule has 2 aromatic carbocycles. The van der Waals surface area contributed by atoms with Crippen molar-refractivity contribution >= 4 is 17.9 Å². The third-order valence-electron chi connectivity index (χ3n) is 3.57. The summed E-state index contributed by atoms with van der Waals surface area (Å²) >= 11 is 0. The summed E-state index contributed by atoms with van der Waals surface area (Å²) in [6.07, 6.45) is 1.66. The van der Waals surface area contributed by atoms with Gasteiger partial charge in [-0.25, -0.2) is 0 Å². The van der Waals surface area contributed by atoms with E-state index in [0.29, 0.717) is 17.9 Å². The van der Waals surface area contributed by atoms with Crippen molar-refractivity contribution in [2.45, 2.75) is 6.42 Å². The van der Waals surface area contributed by atoms with Gasteiger partial charge < -0.3 is 9.64 Å². The molecular weight excluding hydrogens is 266 g/mol. The van der Waals surface area contributed by atoms with E-state index in [2.05, 4.69) is 0 Å². The maximum Gasteiger partial charge on any atom is 0.264 e. The van der Waals surface area contributed by atoms with Crippen molar-refractivity contribution in [2.75, 3.05) is 18.1 Å². The summed E-state index contributed by atoms with van der Waals surface area (Å²) in [5.74, 6) is 0.529. The molecule has 3 rings (SSSR count).